The van der Waals surface area contributed by atoms with Crippen molar-refractivity contribution in [2.24, 2.45) is 0 Å². The van der Waals surface area contributed by atoms with E-state index in [9.17, 15) is 4.79 Å². The van der Waals surface area contributed by atoms with Crippen LogP contribution in [-0.4, -0.2) is 29.1 Å². The second kappa shape index (κ2) is 7.84. The molecule has 7 heteroatoms. The van der Waals surface area contributed by atoms with E-state index in [-0.39, 0.29) is 0 Å². The van der Waals surface area contributed by atoms with E-state index >= 15 is 0 Å². The SMILES string of the molecule is CCOc1cc(Br)c(-c2csc(-n3cccc3C=O)n2)cc1OCC. The lowest BCUT2D eigenvalue weighted by Gasteiger charge is -2.13. The number of ether oxygens (including phenoxy) is 2. The Hall–Kier alpha value is -2.12. The Morgan fingerprint density at radius 3 is 2.64 bits per heavy atom. The molecule has 0 aliphatic heterocycles. The van der Waals surface area contributed by atoms with E-state index in [0.29, 0.717) is 30.4 Å². The van der Waals surface area contributed by atoms with Crippen LogP contribution in [0.15, 0.2) is 40.3 Å². The van der Waals surface area contributed by atoms with Crippen LogP contribution in [-0.2, 0) is 0 Å². The lowest BCUT2D eigenvalue weighted by atomic mass is 10.1. The summed E-state index contributed by atoms with van der Waals surface area (Å²) in [5, 5.41) is 2.70. The first-order chi connectivity index (χ1) is 12.2. The lowest BCUT2D eigenvalue weighted by molar-refractivity contribution is 0.111. The Labute approximate surface area is 158 Å². The second-order valence-electron chi connectivity index (χ2n) is 5.08. The van der Waals surface area contributed by atoms with Crippen LogP contribution in [0.2, 0.25) is 0 Å². The van der Waals surface area contributed by atoms with Crippen molar-refractivity contribution in [1.82, 2.24) is 9.55 Å². The third-order valence-electron chi connectivity index (χ3n) is 3.51. The zero-order chi connectivity index (χ0) is 17.8. The molecule has 0 radical (unpaired) electrons. The highest BCUT2D eigenvalue weighted by Crippen LogP contribution is 2.39. The minimum absolute atomic E-state index is 0.551. The fraction of sp³-hybridized carbons (Fsp3) is 0.222. The predicted molar refractivity (Wildman–Crippen MR) is 102 cm³/mol. The quantitative estimate of drug-likeness (QED) is 0.506. The molecule has 3 rings (SSSR count). The van der Waals surface area contributed by atoms with Gasteiger partial charge in [0.05, 0.1) is 24.6 Å². The summed E-state index contributed by atoms with van der Waals surface area (Å²) in [6.07, 6.45) is 2.65. The van der Waals surface area contributed by atoms with Gasteiger partial charge in [-0.1, -0.05) is 0 Å². The van der Waals surface area contributed by atoms with Crippen molar-refractivity contribution in [2.75, 3.05) is 13.2 Å². The molecule has 5 nitrogen and oxygen atoms in total. The van der Waals surface area contributed by atoms with Crippen LogP contribution in [0.1, 0.15) is 24.3 Å². The molecule has 25 heavy (non-hydrogen) atoms. The smallest absolute Gasteiger partial charge is 0.194 e. The van der Waals surface area contributed by atoms with Gasteiger partial charge in [0.2, 0.25) is 0 Å². The zero-order valence-electron chi connectivity index (χ0n) is 13.9. The van der Waals surface area contributed by atoms with Crippen molar-refractivity contribution in [1.29, 1.82) is 0 Å². The van der Waals surface area contributed by atoms with E-state index in [1.54, 1.807) is 10.6 Å². The maximum absolute atomic E-state index is 11.1. The average Bonchev–Trinajstić information content (AvgIpc) is 3.25. The molecule has 0 fully saturated rings. The molecule has 0 N–H and O–H groups in total. The molecule has 0 saturated carbocycles. The first-order valence-corrected chi connectivity index (χ1v) is 9.53. The van der Waals surface area contributed by atoms with E-state index in [0.717, 1.165) is 27.1 Å². The first-order valence-electron chi connectivity index (χ1n) is 7.85. The first kappa shape index (κ1) is 17.7. The Morgan fingerprint density at radius 2 is 1.96 bits per heavy atom. The molecule has 3 aromatic rings. The van der Waals surface area contributed by atoms with Crippen LogP contribution in [0.25, 0.3) is 16.4 Å². The Bertz CT molecular complexity index is 888. The fourth-order valence-electron chi connectivity index (χ4n) is 2.43. The summed E-state index contributed by atoms with van der Waals surface area (Å²) >= 11 is 5.07. The predicted octanol–water partition coefficient (Wildman–Crippen LogP) is 4.97. The third-order valence-corrected chi connectivity index (χ3v) is 5.00. The highest BCUT2D eigenvalue weighted by Gasteiger charge is 2.15. The minimum Gasteiger partial charge on any atom is -0.490 e. The zero-order valence-corrected chi connectivity index (χ0v) is 16.3. The number of aldehydes is 1. The number of hydrogen-bond acceptors (Lipinski definition) is 5. The summed E-state index contributed by atoms with van der Waals surface area (Å²) in [6, 6.07) is 7.40. The Kier molecular flexibility index (Phi) is 5.55. The van der Waals surface area contributed by atoms with E-state index in [4.69, 9.17) is 9.47 Å². The molecule has 0 unspecified atom stereocenters. The molecule has 0 aliphatic carbocycles. The van der Waals surface area contributed by atoms with Gasteiger partial charge in [-0.3, -0.25) is 9.36 Å². The lowest BCUT2D eigenvalue weighted by Crippen LogP contribution is -1.99. The average molecular weight is 421 g/mol. The summed E-state index contributed by atoms with van der Waals surface area (Å²) < 4.78 is 14.0. The number of carbonyl (C=O) groups is 1. The van der Waals surface area contributed by atoms with Gasteiger partial charge in [0.1, 0.15) is 0 Å². The number of carbonyl (C=O) groups excluding carboxylic acids is 1. The van der Waals surface area contributed by atoms with Gasteiger partial charge in [-0.2, -0.15) is 0 Å². The Morgan fingerprint density at radius 1 is 1.24 bits per heavy atom. The molecule has 2 heterocycles. The van der Waals surface area contributed by atoms with Crippen molar-refractivity contribution >= 4 is 33.6 Å². The van der Waals surface area contributed by atoms with Crippen molar-refractivity contribution in [3.63, 3.8) is 0 Å². The van der Waals surface area contributed by atoms with E-state index in [1.165, 1.54) is 11.3 Å². The van der Waals surface area contributed by atoms with E-state index in [1.807, 2.05) is 43.6 Å². The number of hydrogen-bond donors (Lipinski definition) is 0. The molecular formula is C18H17BrN2O3S. The third kappa shape index (κ3) is 3.62. The summed E-state index contributed by atoms with van der Waals surface area (Å²) in [4.78, 5) is 15.8. The molecule has 0 bridgehead atoms. The molecular weight excluding hydrogens is 404 g/mol. The van der Waals surface area contributed by atoms with Crippen LogP contribution in [0, 0.1) is 0 Å². The summed E-state index contributed by atoms with van der Waals surface area (Å²) in [5.74, 6) is 1.38. The maximum Gasteiger partial charge on any atom is 0.194 e. The minimum atomic E-state index is 0.551. The van der Waals surface area contributed by atoms with Crippen LogP contribution in [0.3, 0.4) is 0 Å². The highest BCUT2D eigenvalue weighted by molar-refractivity contribution is 9.10. The molecule has 2 aromatic heterocycles. The summed E-state index contributed by atoms with van der Waals surface area (Å²) in [5.41, 5.74) is 2.29. The van der Waals surface area contributed by atoms with Crippen LogP contribution < -0.4 is 9.47 Å². The van der Waals surface area contributed by atoms with Gasteiger partial charge in [-0.25, -0.2) is 4.98 Å². The van der Waals surface area contributed by atoms with E-state index in [2.05, 4.69) is 20.9 Å². The van der Waals surface area contributed by atoms with Gasteiger partial charge >= 0.3 is 0 Å². The normalized spacial score (nSPS) is 10.7. The van der Waals surface area contributed by atoms with Crippen molar-refractivity contribution in [3.8, 4) is 27.9 Å². The number of benzene rings is 1. The van der Waals surface area contributed by atoms with Gasteiger partial charge in [0, 0.05) is 21.6 Å². The molecule has 0 amide bonds. The Balaban J connectivity index is 2.02. The van der Waals surface area contributed by atoms with Crippen molar-refractivity contribution in [2.45, 2.75) is 13.8 Å². The number of aromatic nitrogens is 2. The van der Waals surface area contributed by atoms with Crippen LogP contribution in [0.5, 0.6) is 11.5 Å². The van der Waals surface area contributed by atoms with Crippen molar-refractivity contribution < 1.29 is 14.3 Å². The van der Waals surface area contributed by atoms with E-state index < -0.39 is 0 Å². The number of halogens is 1. The topological polar surface area (TPSA) is 53.4 Å². The molecule has 0 saturated heterocycles. The monoisotopic (exact) mass is 420 g/mol. The second-order valence-corrected chi connectivity index (χ2v) is 6.77. The number of nitrogens with zero attached hydrogens (tertiary/aromatic N) is 2. The molecule has 0 atom stereocenters. The summed E-state index contributed by atoms with van der Waals surface area (Å²) in [7, 11) is 0. The fourth-order valence-corrected chi connectivity index (χ4v) is 3.78. The number of rotatable bonds is 7. The van der Waals surface area contributed by atoms with Gasteiger partial charge in [-0.15, -0.1) is 11.3 Å². The van der Waals surface area contributed by atoms with Crippen molar-refractivity contribution in [3.05, 3.63) is 46.0 Å². The standard InChI is InChI=1S/C18H17BrN2O3S/c1-3-23-16-8-13(14(19)9-17(16)24-4-2)15-11-25-18(20-15)21-7-5-6-12(21)10-22/h5-11H,3-4H2,1-2H3. The highest BCUT2D eigenvalue weighted by atomic mass is 79.9. The largest absolute Gasteiger partial charge is 0.490 e. The summed E-state index contributed by atoms with van der Waals surface area (Å²) in [6.45, 7) is 4.99. The van der Waals surface area contributed by atoms with Gasteiger partial charge < -0.3 is 9.47 Å². The maximum atomic E-state index is 11.1. The molecule has 0 spiro atoms. The number of thiazole rings is 1. The van der Waals surface area contributed by atoms with Gasteiger partial charge in [0.15, 0.2) is 22.9 Å². The van der Waals surface area contributed by atoms with Gasteiger partial charge in [0.25, 0.3) is 0 Å². The molecule has 130 valence electrons. The molecule has 1 aromatic carbocycles. The van der Waals surface area contributed by atoms with Crippen LogP contribution >= 0.6 is 27.3 Å². The van der Waals surface area contributed by atoms with Gasteiger partial charge in [-0.05, 0) is 54.0 Å². The molecule has 0 aliphatic rings. The van der Waals surface area contributed by atoms with Crippen LogP contribution in [0.4, 0.5) is 0 Å².